The van der Waals surface area contributed by atoms with Crippen LogP contribution in [0.25, 0.3) is 0 Å². The van der Waals surface area contributed by atoms with Crippen LogP contribution in [0, 0.1) is 12.8 Å². The number of nitrogens with two attached hydrogens (primary N) is 1. The molecule has 1 heterocycles. The minimum absolute atomic E-state index is 0.0419. The maximum absolute atomic E-state index is 12.1. The summed E-state index contributed by atoms with van der Waals surface area (Å²) in [7, 11) is 0. The van der Waals surface area contributed by atoms with Crippen molar-refractivity contribution in [2.24, 2.45) is 5.92 Å². The number of rotatable bonds is 5. The van der Waals surface area contributed by atoms with E-state index in [0.717, 1.165) is 24.5 Å². The molecule has 0 saturated heterocycles. The molecule has 1 aliphatic carbocycles. The first-order chi connectivity index (χ1) is 8.58. The molecule has 1 aliphatic rings. The molecule has 1 unspecified atom stereocenters. The first kappa shape index (κ1) is 12.9. The van der Waals surface area contributed by atoms with Crippen LogP contribution < -0.4 is 11.1 Å². The molecular formula is C14H21N3O. The molecule has 1 aromatic rings. The number of hydrogen-bond donors (Lipinski definition) is 2. The van der Waals surface area contributed by atoms with Gasteiger partial charge >= 0.3 is 0 Å². The second-order valence-corrected chi connectivity index (χ2v) is 5.18. The van der Waals surface area contributed by atoms with E-state index >= 15 is 0 Å². The van der Waals surface area contributed by atoms with E-state index in [1.54, 1.807) is 12.1 Å². The highest BCUT2D eigenvalue weighted by molar-refractivity contribution is 5.95. The molecule has 0 spiro atoms. The number of hydrogen-bond acceptors (Lipinski definition) is 3. The maximum atomic E-state index is 12.1. The number of nitrogens with zero attached hydrogens (tertiary/aromatic N) is 1. The van der Waals surface area contributed by atoms with Crippen LogP contribution in [0.3, 0.4) is 0 Å². The molecule has 4 nitrogen and oxygen atoms in total. The second-order valence-electron chi connectivity index (χ2n) is 5.18. The average Bonchev–Trinajstić information content (AvgIpc) is 3.10. The van der Waals surface area contributed by atoms with Crippen LogP contribution in [0.4, 0.5) is 5.82 Å². The Labute approximate surface area is 108 Å². The number of anilines is 1. The van der Waals surface area contributed by atoms with Gasteiger partial charge in [0.15, 0.2) is 0 Å². The van der Waals surface area contributed by atoms with Crippen molar-refractivity contribution in [2.45, 2.75) is 45.6 Å². The lowest BCUT2D eigenvalue weighted by Gasteiger charge is -2.16. The highest BCUT2D eigenvalue weighted by Gasteiger charge is 2.25. The van der Waals surface area contributed by atoms with E-state index in [-0.39, 0.29) is 11.9 Å². The fourth-order valence-electron chi connectivity index (χ4n) is 2.18. The van der Waals surface area contributed by atoms with Gasteiger partial charge in [0.25, 0.3) is 5.91 Å². The van der Waals surface area contributed by atoms with E-state index in [1.807, 2.05) is 6.92 Å². The summed E-state index contributed by atoms with van der Waals surface area (Å²) in [5.41, 5.74) is 7.04. The fourth-order valence-corrected chi connectivity index (χ4v) is 2.18. The summed E-state index contributed by atoms with van der Waals surface area (Å²) in [6, 6.07) is 3.68. The summed E-state index contributed by atoms with van der Waals surface area (Å²) in [5, 5.41) is 3.09. The van der Waals surface area contributed by atoms with E-state index < -0.39 is 0 Å². The Morgan fingerprint density at radius 3 is 2.83 bits per heavy atom. The van der Waals surface area contributed by atoms with Gasteiger partial charge in [-0.3, -0.25) is 4.79 Å². The second kappa shape index (κ2) is 5.38. The zero-order valence-electron chi connectivity index (χ0n) is 11.1. The molecule has 0 aliphatic heterocycles. The van der Waals surface area contributed by atoms with Gasteiger partial charge in [-0.1, -0.05) is 19.8 Å². The Bertz CT molecular complexity index is 420. The van der Waals surface area contributed by atoms with Crippen molar-refractivity contribution in [3.05, 3.63) is 23.4 Å². The summed E-state index contributed by atoms with van der Waals surface area (Å²) < 4.78 is 0. The Balaban J connectivity index is 2.00. The number of aromatic nitrogens is 1. The smallest absolute Gasteiger partial charge is 0.251 e. The number of nitrogens with one attached hydrogen (secondary N) is 1. The molecule has 2 rings (SSSR count). The Kier molecular flexibility index (Phi) is 3.84. The molecule has 1 fully saturated rings. The van der Waals surface area contributed by atoms with Crippen LogP contribution in [-0.2, 0) is 0 Å². The predicted molar refractivity (Wildman–Crippen MR) is 72.3 cm³/mol. The number of carbonyl (C=O) groups is 1. The van der Waals surface area contributed by atoms with Crippen LogP contribution >= 0.6 is 0 Å². The minimum atomic E-state index is -0.0419. The van der Waals surface area contributed by atoms with Crippen molar-refractivity contribution in [3.8, 4) is 0 Å². The van der Waals surface area contributed by atoms with Crippen LogP contribution in [0.2, 0.25) is 0 Å². The van der Waals surface area contributed by atoms with E-state index in [1.165, 1.54) is 12.8 Å². The normalized spacial score (nSPS) is 16.3. The standard InChI is InChI=1S/C14H21N3O/c1-3-12(7-10-4-5-10)17-14(18)11-6-9(2)16-13(15)8-11/h6,8,10,12H,3-5,7H2,1-2H3,(H2,15,16)(H,17,18). The third-order valence-corrected chi connectivity index (χ3v) is 3.38. The van der Waals surface area contributed by atoms with E-state index in [2.05, 4.69) is 17.2 Å². The summed E-state index contributed by atoms with van der Waals surface area (Å²) in [6.07, 6.45) is 4.70. The number of nitrogen functional groups attached to an aromatic ring is 1. The molecule has 3 N–H and O–H groups in total. The number of pyridine rings is 1. The number of amides is 1. The van der Waals surface area contributed by atoms with Crippen LogP contribution in [0.1, 0.15) is 48.7 Å². The summed E-state index contributed by atoms with van der Waals surface area (Å²) >= 11 is 0. The first-order valence-corrected chi connectivity index (χ1v) is 6.63. The molecule has 1 amide bonds. The van der Waals surface area contributed by atoms with Gasteiger partial charge in [-0.2, -0.15) is 0 Å². The quantitative estimate of drug-likeness (QED) is 0.838. The summed E-state index contributed by atoms with van der Waals surface area (Å²) in [4.78, 5) is 16.2. The van der Waals surface area contributed by atoms with Crippen LogP contribution in [-0.4, -0.2) is 16.9 Å². The Hall–Kier alpha value is -1.58. The van der Waals surface area contributed by atoms with Crippen molar-refractivity contribution in [2.75, 3.05) is 5.73 Å². The van der Waals surface area contributed by atoms with Gasteiger partial charge in [0, 0.05) is 17.3 Å². The molecule has 0 aromatic carbocycles. The molecule has 4 heteroatoms. The van der Waals surface area contributed by atoms with Crippen molar-refractivity contribution in [1.29, 1.82) is 0 Å². The van der Waals surface area contributed by atoms with Gasteiger partial charge in [-0.05, 0) is 37.8 Å². The molecule has 1 aromatic heterocycles. The van der Waals surface area contributed by atoms with Gasteiger partial charge < -0.3 is 11.1 Å². The number of carbonyl (C=O) groups excluding carboxylic acids is 1. The van der Waals surface area contributed by atoms with Gasteiger partial charge in [-0.15, -0.1) is 0 Å². The topological polar surface area (TPSA) is 68.0 Å². The number of aryl methyl sites for hydroxylation is 1. The Morgan fingerprint density at radius 1 is 1.56 bits per heavy atom. The highest BCUT2D eigenvalue weighted by atomic mass is 16.1. The first-order valence-electron chi connectivity index (χ1n) is 6.63. The van der Waals surface area contributed by atoms with E-state index in [4.69, 9.17) is 5.73 Å². The van der Waals surface area contributed by atoms with Crippen molar-refractivity contribution in [3.63, 3.8) is 0 Å². The molecule has 1 saturated carbocycles. The lowest BCUT2D eigenvalue weighted by molar-refractivity contribution is 0.0932. The van der Waals surface area contributed by atoms with Crippen LogP contribution in [0.15, 0.2) is 12.1 Å². The van der Waals surface area contributed by atoms with Gasteiger partial charge in [0.2, 0.25) is 0 Å². The Morgan fingerprint density at radius 2 is 2.28 bits per heavy atom. The van der Waals surface area contributed by atoms with Gasteiger partial charge in [0.1, 0.15) is 5.82 Å². The minimum Gasteiger partial charge on any atom is -0.384 e. The summed E-state index contributed by atoms with van der Waals surface area (Å²) in [5.74, 6) is 1.18. The summed E-state index contributed by atoms with van der Waals surface area (Å²) in [6.45, 7) is 3.95. The molecule has 0 bridgehead atoms. The van der Waals surface area contributed by atoms with Gasteiger partial charge in [-0.25, -0.2) is 4.98 Å². The van der Waals surface area contributed by atoms with Crippen molar-refractivity contribution in [1.82, 2.24) is 10.3 Å². The highest BCUT2D eigenvalue weighted by Crippen LogP contribution is 2.34. The van der Waals surface area contributed by atoms with Crippen molar-refractivity contribution < 1.29 is 4.79 Å². The van der Waals surface area contributed by atoms with Crippen molar-refractivity contribution >= 4 is 11.7 Å². The fraction of sp³-hybridized carbons (Fsp3) is 0.571. The monoisotopic (exact) mass is 247 g/mol. The molecule has 18 heavy (non-hydrogen) atoms. The zero-order chi connectivity index (χ0) is 13.1. The SMILES string of the molecule is CCC(CC1CC1)NC(=O)c1cc(C)nc(N)c1. The molecular weight excluding hydrogens is 226 g/mol. The van der Waals surface area contributed by atoms with Crippen LogP contribution in [0.5, 0.6) is 0 Å². The molecule has 0 radical (unpaired) electrons. The molecule has 98 valence electrons. The average molecular weight is 247 g/mol. The largest absolute Gasteiger partial charge is 0.384 e. The maximum Gasteiger partial charge on any atom is 0.251 e. The van der Waals surface area contributed by atoms with E-state index in [0.29, 0.717) is 11.4 Å². The molecule has 1 atom stereocenters. The lowest BCUT2D eigenvalue weighted by atomic mass is 10.1. The van der Waals surface area contributed by atoms with Gasteiger partial charge in [0.05, 0.1) is 0 Å². The zero-order valence-corrected chi connectivity index (χ0v) is 11.1. The predicted octanol–water partition coefficient (Wildman–Crippen LogP) is 2.28. The van der Waals surface area contributed by atoms with E-state index in [9.17, 15) is 4.79 Å². The third kappa shape index (κ3) is 3.45. The lowest BCUT2D eigenvalue weighted by Crippen LogP contribution is -2.34. The third-order valence-electron chi connectivity index (χ3n) is 3.38.